The first-order valence-electron chi connectivity index (χ1n) is 6.25. The van der Waals surface area contributed by atoms with Crippen molar-refractivity contribution in [1.29, 1.82) is 0 Å². The van der Waals surface area contributed by atoms with E-state index in [0.29, 0.717) is 16.8 Å². The summed E-state index contributed by atoms with van der Waals surface area (Å²) in [5, 5.41) is 12.3. The highest BCUT2D eigenvalue weighted by Gasteiger charge is 2.21. The van der Waals surface area contributed by atoms with Gasteiger partial charge in [0.2, 0.25) is 0 Å². The van der Waals surface area contributed by atoms with Crippen LogP contribution in [0.25, 0.3) is 0 Å². The zero-order valence-corrected chi connectivity index (χ0v) is 12.9. The molecule has 0 heterocycles. The fourth-order valence-electron chi connectivity index (χ4n) is 1.89. The van der Waals surface area contributed by atoms with Gasteiger partial charge >= 0.3 is 5.97 Å². The second-order valence-corrected chi connectivity index (χ2v) is 5.94. The van der Waals surface area contributed by atoms with Crippen LogP contribution in [0.4, 0.5) is 4.39 Å². The van der Waals surface area contributed by atoms with E-state index < -0.39 is 12.0 Å². The Labute approximate surface area is 121 Å². The summed E-state index contributed by atoms with van der Waals surface area (Å²) in [6.07, 6.45) is 0.558. The van der Waals surface area contributed by atoms with Gasteiger partial charge in [0.1, 0.15) is 11.9 Å². The second kappa shape index (κ2) is 7.01. The van der Waals surface area contributed by atoms with Gasteiger partial charge in [-0.1, -0.05) is 19.9 Å². The van der Waals surface area contributed by atoms with Crippen LogP contribution in [0.2, 0.25) is 0 Å². The molecule has 2 unspecified atom stereocenters. The Kier molecular flexibility index (Phi) is 5.94. The van der Waals surface area contributed by atoms with Crippen LogP contribution >= 0.6 is 15.9 Å². The van der Waals surface area contributed by atoms with Crippen LogP contribution in [0.1, 0.15) is 38.8 Å². The Morgan fingerprint density at radius 3 is 2.53 bits per heavy atom. The quantitative estimate of drug-likeness (QED) is 0.834. The van der Waals surface area contributed by atoms with E-state index in [1.54, 1.807) is 12.1 Å². The summed E-state index contributed by atoms with van der Waals surface area (Å²) in [6, 6.07) is 3.94. The molecule has 0 radical (unpaired) electrons. The van der Waals surface area contributed by atoms with Crippen molar-refractivity contribution in [2.75, 3.05) is 0 Å². The van der Waals surface area contributed by atoms with Crippen molar-refractivity contribution in [1.82, 2.24) is 5.32 Å². The minimum Gasteiger partial charge on any atom is -0.480 e. The molecule has 106 valence electrons. The maximum absolute atomic E-state index is 13.2. The van der Waals surface area contributed by atoms with Crippen LogP contribution in [0.5, 0.6) is 0 Å². The first-order valence-corrected chi connectivity index (χ1v) is 7.04. The molecule has 0 spiro atoms. The summed E-state index contributed by atoms with van der Waals surface area (Å²) in [5.41, 5.74) is 0.850. The molecule has 0 aliphatic heterocycles. The molecular formula is C14H19BrFNO2. The topological polar surface area (TPSA) is 49.3 Å². The minimum atomic E-state index is -0.860. The molecule has 1 rings (SSSR count). The lowest BCUT2D eigenvalue weighted by Crippen LogP contribution is -2.39. The highest BCUT2D eigenvalue weighted by atomic mass is 79.9. The average Bonchev–Trinajstić information content (AvgIpc) is 2.31. The van der Waals surface area contributed by atoms with E-state index in [1.165, 1.54) is 6.07 Å². The van der Waals surface area contributed by atoms with Crippen molar-refractivity contribution in [2.24, 2.45) is 5.92 Å². The van der Waals surface area contributed by atoms with E-state index >= 15 is 0 Å². The van der Waals surface area contributed by atoms with Crippen LogP contribution < -0.4 is 5.32 Å². The van der Waals surface area contributed by atoms with Crippen molar-refractivity contribution in [2.45, 2.75) is 39.3 Å². The molecule has 0 aromatic heterocycles. The highest BCUT2D eigenvalue weighted by Crippen LogP contribution is 2.22. The normalized spacial score (nSPS) is 14.4. The Morgan fingerprint density at radius 1 is 1.42 bits per heavy atom. The number of rotatable bonds is 6. The number of carboxylic acids is 1. The monoisotopic (exact) mass is 331 g/mol. The Bertz CT molecular complexity index is 451. The van der Waals surface area contributed by atoms with Gasteiger partial charge < -0.3 is 5.11 Å². The summed E-state index contributed by atoms with van der Waals surface area (Å²) in [6.45, 7) is 5.84. The number of benzene rings is 1. The minimum absolute atomic E-state index is 0.156. The molecule has 0 aliphatic rings. The maximum atomic E-state index is 13.2. The number of carboxylic acid groups (broad SMARTS) is 1. The van der Waals surface area contributed by atoms with Gasteiger partial charge in [0.25, 0.3) is 0 Å². The summed E-state index contributed by atoms with van der Waals surface area (Å²) in [7, 11) is 0. The third kappa shape index (κ3) is 4.91. The van der Waals surface area contributed by atoms with Gasteiger partial charge in [-0.05, 0) is 52.9 Å². The number of hydrogen-bond donors (Lipinski definition) is 2. The third-order valence-electron chi connectivity index (χ3n) is 2.90. The number of hydrogen-bond acceptors (Lipinski definition) is 2. The molecule has 1 aromatic rings. The van der Waals surface area contributed by atoms with Crippen molar-refractivity contribution < 1.29 is 14.3 Å². The number of nitrogens with one attached hydrogen (secondary N) is 1. The first-order chi connectivity index (χ1) is 8.81. The van der Waals surface area contributed by atoms with Crippen molar-refractivity contribution in [3.63, 3.8) is 0 Å². The molecular weight excluding hydrogens is 313 g/mol. The predicted octanol–water partition coefficient (Wildman–Crippen LogP) is 3.74. The summed E-state index contributed by atoms with van der Waals surface area (Å²) in [4.78, 5) is 11.2. The molecule has 0 saturated carbocycles. The Balaban J connectivity index is 2.78. The highest BCUT2D eigenvalue weighted by molar-refractivity contribution is 9.10. The molecule has 0 saturated heterocycles. The van der Waals surface area contributed by atoms with Gasteiger partial charge in [0.15, 0.2) is 0 Å². The molecule has 0 bridgehead atoms. The van der Waals surface area contributed by atoms with E-state index in [4.69, 9.17) is 0 Å². The number of carbonyl (C=O) groups is 1. The molecule has 2 N–H and O–H groups in total. The predicted molar refractivity (Wildman–Crippen MR) is 76.5 cm³/mol. The zero-order chi connectivity index (χ0) is 14.6. The molecule has 0 aliphatic carbocycles. The lowest BCUT2D eigenvalue weighted by atomic mass is 10.0. The van der Waals surface area contributed by atoms with Gasteiger partial charge in [0, 0.05) is 6.04 Å². The van der Waals surface area contributed by atoms with Crippen molar-refractivity contribution >= 4 is 21.9 Å². The van der Waals surface area contributed by atoms with Crippen LogP contribution in [0.3, 0.4) is 0 Å². The summed E-state index contributed by atoms with van der Waals surface area (Å²) in [5.74, 6) is -0.893. The molecule has 5 heteroatoms. The van der Waals surface area contributed by atoms with Gasteiger partial charge in [-0.2, -0.15) is 0 Å². The Morgan fingerprint density at radius 2 is 2.05 bits per heavy atom. The van der Waals surface area contributed by atoms with Crippen molar-refractivity contribution in [3.05, 3.63) is 34.1 Å². The SMILES string of the molecule is CC(C)CC(NC(C)c1ccc(F)c(Br)c1)C(=O)O. The summed E-state index contributed by atoms with van der Waals surface area (Å²) >= 11 is 3.13. The van der Waals surface area contributed by atoms with E-state index in [9.17, 15) is 14.3 Å². The lowest BCUT2D eigenvalue weighted by Gasteiger charge is -2.22. The molecule has 1 aromatic carbocycles. The second-order valence-electron chi connectivity index (χ2n) is 5.08. The van der Waals surface area contributed by atoms with Gasteiger partial charge in [-0.25, -0.2) is 4.39 Å². The molecule has 3 nitrogen and oxygen atoms in total. The number of halogens is 2. The van der Waals surface area contributed by atoms with Crippen LogP contribution in [-0.4, -0.2) is 17.1 Å². The molecule has 0 amide bonds. The van der Waals surface area contributed by atoms with E-state index in [1.807, 2.05) is 20.8 Å². The van der Waals surface area contributed by atoms with Crippen LogP contribution in [0, 0.1) is 11.7 Å². The van der Waals surface area contributed by atoms with Crippen molar-refractivity contribution in [3.8, 4) is 0 Å². The van der Waals surface area contributed by atoms with E-state index in [2.05, 4.69) is 21.2 Å². The number of aliphatic carboxylic acids is 1. The third-order valence-corrected chi connectivity index (χ3v) is 3.51. The maximum Gasteiger partial charge on any atom is 0.320 e. The Hall–Kier alpha value is -0.940. The zero-order valence-electron chi connectivity index (χ0n) is 11.3. The van der Waals surface area contributed by atoms with Crippen LogP contribution in [-0.2, 0) is 4.79 Å². The van der Waals surface area contributed by atoms with Gasteiger partial charge in [0.05, 0.1) is 4.47 Å². The molecule has 19 heavy (non-hydrogen) atoms. The van der Waals surface area contributed by atoms with Crippen LogP contribution in [0.15, 0.2) is 22.7 Å². The fourth-order valence-corrected chi connectivity index (χ4v) is 2.29. The standard InChI is InChI=1S/C14H19BrFNO2/c1-8(2)6-13(14(18)19)17-9(3)10-4-5-12(16)11(15)7-10/h4-5,7-9,13,17H,6H2,1-3H3,(H,18,19). The van der Waals surface area contributed by atoms with Gasteiger partial charge in [-0.3, -0.25) is 10.1 Å². The largest absolute Gasteiger partial charge is 0.480 e. The first kappa shape index (κ1) is 16.1. The smallest absolute Gasteiger partial charge is 0.320 e. The van der Waals surface area contributed by atoms with Gasteiger partial charge in [-0.15, -0.1) is 0 Å². The molecule has 0 fully saturated rings. The average molecular weight is 332 g/mol. The van der Waals surface area contributed by atoms with E-state index in [0.717, 1.165) is 5.56 Å². The lowest BCUT2D eigenvalue weighted by molar-refractivity contribution is -0.140. The summed E-state index contributed by atoms with van der Waals surface area (Å²) < 4.78 is 13.5. The van der Waals surface area contributed by atoms with E-state index in [-0.39, 0.29) is 11.9 Å². The molecule has 2 atom stereocenters. The fraction of sp³-hybridized carbons (Fsp3) is 0.500.